The van der Waals surface area contributed by atoms with Crippen LogP contribution in [0.2, 0.25) is 0 Å². The summed E-state index contributed by atoms with van der Waals surface area (Å²) in [5.74, 6) is 3.61. The third kappa shape index (κ3) is 4.00. The van der Waals surface area contributed by atoms with E-state index < -0.39 is 0 Å². The highest BCUT2D eigenvalue weighted by molar-refractivity contribution is 5.74. The van der Waals surface area contributed by atoms with Gasteiger partial charge in [-0.05, 0) is 111 Å². The van der Waals surface area contributed by atoms with E-state index >= 15 is 0 Å². The summed E-state index contributed by atoms with van der Waals surface area (Å²) < 4.78 is 13.5. The summed E-state index contributed by atoms with van der Waals surface area (Å²) in [6.07, 6.45) is 16.6. The van der Waals surface area contributed by atoms with Crippen LogP contribution in [0.25, 0.3) is 0 Å². The number of rotatable bonds is 2. The van der Waals surface area contributed by atoms with Crippen LogP contribution in [0.4, 0.5) is 4.79 Å². The molecule has 0 bridgehead atoms. The molecule has 0 aromatic carbocycles. The van der Waals surface area contributed by atoms with Gasteiger partial charge >= 0.3 is 6.03 Å². The van der Waals surface area contributed by atoms with Gasteiger partial charge in [-0.25, -0.2) is 4.79 Å². The fourth-order valence-electron chi connectivity index (χ4n) is 12.0. The minimum absolute atomic E-state index is 0.0296. The molecule has 12 atom stereocenters. The topological polar surface area (TPSA) is 85.6 Å². The molecule has 6 heteroatoms. The van der Waals surface area contributed by atoms with Crippen molar-refractivity contribution in [2.75, 3.05) is 6.61 Å². The molecule has 39 heavy (non-hydrogen) atoms. The van der Waals surface area contributed by atoms with E-state index in [-0.39, 0.29) is 28.8 Å². The van der Waals surface area contributed by atoms with Gasteiger partial charge in [0.15, 0.2) is 5.79 Å². The Balaban J connectivity index is 1.04. The number of fused-ring (bicyclic) bond motifs is 7. The van der Waals surface area contributed by atoms with Gasteiger partial charge < -0.3 is 25.8 Å². The Morgan fingerprint density at radius 1 is 0.872 bits per heavy atom. The fraction of sp³-hybridized carbons (Fsp3) is 0.970. The highest BCUT2D eigenvalue weighted by Gasteiger charge is 2.70. The number of amides is 2. The van der Waals surface area contributed by atoms with Gasteiger partial charge in [-0.1, -0.05) is 40.5 Å². The Bertz CT molecular complexity index is 960. The third-order valence-electron chi connectivity index (χ3n) is 14.2. The molecule has 2 saturated heterocycles. The predicted molar refractivity (Wildman–Crippen MR) is 153 cm³/mol. The number of ether oxygens (including phenoxy) is 2. The molecule has 0 aromatic rings. The number of nitrogens with one attached hydrogen (secondary N) is 2. The molecule has 5 saturated carbocycles. The summed E-state index contributed by atoms with van der Waals surface area (Å²) in [7, 11) is 0. The van der Waals surface area contributed by atoms with Gasteiger partial charge in [0.05, 0.1) is 12.7 Å². The third-order valence-corrected chi connectivity index (χ3v) is 14.2. The van der Waals surface area contributed by atoms with E-state index in [9.17, 15) is 4.79 Å². The zero-order valence-corrected chi connectivity index (χ0v) is 25.1. The van der Waals surface area contributed by atoms with Crippen molar-refractivity contribution in [2.45, 2.75) is 147 Å². The Labute approximate surface area is 236 Å². The number of urea groups is 1. The number of nitrogens with two attached hydrogens (primary N) is 1. The van der Waals surface area contributed by atoms with Gasteiger partial charge in [0.1, 0.15) is 0 Å². The van der Waals surface area contributed by atoms with Crippen molar-refractivity contribution in [3.8, 4) is 0 Å². The Morgan fingerprint density at radius 3 is 2.38 bits per heavy atom. The molecule has 0 aromatic heterocycles. The lowest BCUT2D eigenvalue weighted by Crippen LogP contribution is -2.68. The maximum Gasteiger partial charge on any atom is 0.315 e. The average molecular weight is 542 g/mol. The van der Waals surface area contributed by atoms with Gasteiger partial charge in [-0.3, -0.25) is 0 Å². The largest absolute Gasteiger partial charge is 0.349 e. The quantitative estimate of drug-likeness (QED) is 0.393. The second-order valence-electron chi connectivity index (χ2n) is 16.0. The second kappa shape index (κ2) is 9.33. The Morgan fingerprint density at radius 2 is 1.64 bits per heavy atom. The van der Waals surface area contributed by atoms with Crippen molar-refractivity contribution < 1.29 is 14.3 Å². The number of hydrogen-bond acceptors (Lipinski definition) is 4. The molecule has 1 spiro atoms. The molecule has 7 rings (SSSR count). The Kier molecular flexibility index (Phi) is 6.46. The van der Waals surface area contributed by atoms with Crippen LogP contribution in [0.5, 0.6) is 0 Å². The summed E-state index contributed by atoms with van der Waals surface area (Å²) in [4.78, 5) is 12.8. The van der Waals surface area contributed by atoms with E-state index in [2.05, 4.69) is 38.3 Å². The summed E-state index contributed by atoms with van der Waals surface area (Å²) >= 11 is 0. The van der Waals surface area contributed by atoms with E-state index in [1.54, 1.807) is 0 Å². The van der Waals surface area contributed by atoms with Crippen LogP contribution in [0, 0.1) is 46.3 Å². The first-order chi connectivity index (χ1) is 18.6. The fourth-order valence-corrected chi connectivity index (χ4v) is 12.0. The zero-order chi connectivity index (χ0) is 27.2. The van der Waals surface area contributed by atoms with Gasteiger partial charge in [0.2, 0.25) is 0 Å². The van der Waals surface area contributed by atoms with Gasteiger partial charge in [-0.15, -0.1) is 0 Å². The minimum Gasteiger partial charge on any atom is -0.349 e. The predicted octanol–water partition coefficient (Wildman–Crippen LogP) is 6.12. The lowest BCUT2D eigenvalue weighted by molar-refractivity contribution is -0.273. The molecule has 6 nitrogen and oxygen atoms in total. The van der Waals surface area contributed by atoms with E-state index in [0.29, 0.717) is 41.2 Å². The van der Waals surface area contributed by atoms with Crippen LogP contribution in [0.15, 0.2) is 0 Å². The number of carbonyl (C=O) groups is 1. The molecule has 2 amide bonds. The van der Waals surface area contributed by atoms with E-state index in [1.165, 1.54) is 44.9 Å². The maximum atomic E-state index is 12.8. The normalized spacial score (nSPS) is 55.0. The highest BCUT2D eigenvalue weighted by Crippen LogP contribution is 2.71. The van der Waals surface area contributed by atoms with Crippen molar-refractivity contribution >= 4 is 6.03 Å². The van der Waals surface area contributed by atoms with Crippen molar-refractivity contribution in [3.63, 3.8) is 0 Å². The summed E-state index contributed by atoms with van der Waals surface area (Å²) in [6, 6.07) is 0.588. The molecule has 7 fully saturated rings. The molecule has 220 valence electrons. The van der Waals surface area contributed by atoms with Gasteiger partial charge in [0, 0.05) is 30.0 Å². The first-order valence-electron chi connectivity index (χ1n) is 16.7. The van der Waals surface area contributed by atoms with Crippen molar-refractivity contribution in [1.29, 1.82) is 0 Å². The van der Waals surface area contributed by atoms with Crippen molar-refractivity contribution in [1.82, 2.24) is 10.6 Å². The summed E-state index contributed by atoms with van der Waals surface area (Å²) in [6.45, 7) is 10.8. The van der Waals surface area contributed by atoms with Crippen LogP contribution >= 0.6 is 0 Å². The van der Waals surface area contributed by atoms with E-state index in [1.807, 2.05) is 0 Å². The summed E-state index contributed by atoms with van der Waals surface area (Å²) in [5, 5.41) is 6.57. The zero-order valence-electron chi connectivity index (χ0n) is 25.1. The molecular weight excluding hydrogens is 486 g/mol. The maximum absolute atomic E-state index is 12.8. The molecule has 5 aliphatic carbocycles. The van der Waals surface area contributed by atoms with Crippen LogP contribution in [0.1, 0.15) is 118 Å². The number of carbonyl (C=O) groups excluding carboxylic acids is 1. The summed E-state index contributed by atoms with van der Waals surface area (Å²) in [5.41, 5.74) is 7.74. The molecule has 2 heterocycles. The lowest BCUT2D eigenvalue weighted by Gasteiger charge is -2.65. The first kappa shape index (κ1) is 27.0. The lowest BCUT2D eigenvalue weighted by atomic mass is 9.42. The standard InChI is InChI=1S/C33H55N3O3/c1-20-9-16-33(38-19-20)21(2)28-27(39-33)17-26-24-11-15-32(34)18-23(36-29(37)35-22-7-5-6-8-22)10-14-31(32,4)25(24)12-13-30(26,28)3/h20-28H,5-19,34H2,1-4H3,(H2,35,36,37)/t20-,21-,23+,24+,25?,26?,27-,28-,30-,31+,32-,33+/m0/s1. The highest BCUT2D eigenvalue weighted by atomic mass is 16.7. The molecule has 2 aliphatic heterocycles. The van der Waals surface area contributed by atoms with Crippen LogP contribution < -0.4 is 16.4 Å². The van der Waals surface area contributed by atoms with Gasteiger partial charge in [-0.2, -0.15) is 0 Å². The van der Waals surface area contributed by atoms with Crippen molar-refractivity contribution in [3.05, 3.63) is 0 Å². The first-order valence-corrected chi connectivity index (χ1v) is 16.7. The Hall–Kier alpha value is -0.850. The van der Waals surface area contributed by atoms with Crippen LogP contribution in [-0.4, -0.2) is 42.2 Å². The van der Waals surface area contributed by atoms with Crippen LogP contribution in [0.3, 0.4) is 0 Å². The SMILES string of the molecule is C[C@H]1CC[C@@]2(OC1)O[C@H]1CC3[C@@H]4CC[C@]5(N)C[C@H](NC(=O)NC6CCCC6)CC[C@]5(C)C4CC[C@]3(C)[C@H]1[C@@H]2C. The van der Waals surface area contributed by atoms with Crippen molar-refractivity contribution in [2.24, 2.45) is 52.1 Å². The van der Waals surface area contributed by atoms with Crippen LogP contribution in [-0.2, 0) is 9.47 Å². The minimum atomic E-state index is -0.326. The molecule has 7 aliphatic rings. The number of hydrogen-bond donors (Lipinski definition) is 3. The average Bonchev–Trinajstić information content (AvgIpc) is 3.57. The van der Waals surface area contributed by atoms with Gasteiger partial charge in [0.25, 0.3) is 0 Å². The molecular formula is C33H55N3O3. The van der Waals surface area contributed by atoms with E-state index in [0.717, 1.165) is 63.4 Å². The van der Waals surface area contributed by atoms with E-state index in [4.69, 9.17) is 15.2 Å². The smallest absolute Gasteiger partial charge is 0.315 e. The molecule has 4 N–H and O–H groups in total. The molecule has 0 radical (unpaired) electrons. The molecule has 2 unspecified atom stereocenters. The monoisotopic (exact) mass is 541 g/mol. The second-order valence-corrected chi connectivity index (χ2v) is 16.0.